The van der Waals surface area contributed by atoms with Crippen LogP contribution in [-0.2, 0) is 23.8 Å². The van der Waals surface area contributed by atoms with Gasteiger partial charge in [0.2, 0.25) is 0 Å². The van der Waals surface area contributed by atoms with E-state index < -0.39 is 0 Å². The van der Waals surface area contributed by atoms with E-state index in [1.165, 1.54) is 0 Å². The molecule has 0 saturated carbocycles. The number of carbonyl (C=O) groups excluding carboxylic acids is 2. The van der Waals surface area contributed by atoms with E-state index >= 15 is 0 Å². The highest BCUT2D eigenvalue weighted by Gasteiger charge is 2.03. The third-order valence-electron chi connectivity index (χ3n) is 2.03. The van der Waals surface area contributed by atoms with Crippen LogP contribution in [0.5, 0.6) is 0 Å². The molecule has 0 spiro atoms. The predicted octanol–water partition coefficient (Wildman–Crippen LogP) is 2.02. The van der Waals surface area contributed by atoms with Gasteiger partial charge in [-0.1, -0.05) is 13.2 Å². The largest absolute Gasteiger partial charge is 0.462 e. The Morgan fingerprint density at radius 2 is 1.16 bits per heavy atom. The zero-order valence-electron chi connectivity index (χ0n) is 11.7. The van der Waals surface area contributed by atoms with Crippen LogP contribution in [0.25, 0.3) is 0 Å². The van der Waals surface area contributed by atoms with Gasteiger partial charge in [0, 0.05) is 37.2 Å². The van der Waals surface area contributed by atoms with Crippen LogP contribution in [0, 0.1) is 0 Å². The quantitative estimate of drug-likeness (QED) is 0.345. The topological polar surface area (TPSA) is 61.8 Å². The van der Waals surface area contributed by atoms with E-state index in [1.54, 1.807) is 13.8 Å². The van der Waals surface area contributed by atoms with Crippen LogP contribution in [0.3, 0.4) is 0 Å². The Morgan fingerprint density at radius 3 is 1.47 bits per heavy atom. The molecule has 0 amide bonds. The molecule has 5 nitrogen and oxygen atoms in total. The Bertz CT molecular complexity index is 301. The number of esters is 2. The summed E-state index contributed by atoms with van der Waals surface area (Å²) in [4.78, 5) is 22.0. The summed E-state index contributed by atoms with van der Waals surface area (Å²) >= 11 is 0. The molecule has 0 radical (unpaired) electrons. The summed E-state index contributed by atoms with van der Waals surface area (Å²) in [6, 6.07) is 0. The van der Waals surface area contributed by atoms with E-state index in [2.05, 4.69) is 13.2 Å². The summed E-state index contributed by atoms with van der Waals surface area (Å²) in [5, 5.41) is 0. The lowest BCUT2D eigenvalue weighted by molar-refractivity contribution is -0.139. The highest BCUT2D eigenvalue weighted by Crippen LogP contribution is 1.96. The fourth-order valence-corrected chi connectivity index (χ4v) is 1.00. The fourth-order valence-electron chi connectivity index (χ4n) is 1.00. The van der Waals surface area contributed by atoms with Crippen molar-refractivity contribution >= 4 is 11.9 Å². The van der Waals surface area contributed by atoms with Crippen molar-refractivity contribution in [3.8, 4) is 0 Å². The second kappa shape index (κ2) is 10.3. The standard InChI is InChI=1S/C14H22O5/c1-11(2)13(15)18-9-5-7-17-8-6-10-19-14(16)12(3)4/h1,3,5-10H2,2,4H3. The van der Waals surface area contributed by atoms with E-state index in [0.29, 0.717) is 50.4 Å². The van der Waals surface area contributed by atoms with Crippen molar-refractivity contribution in [1.82, 2.24) is 0 Å². The third kappa shape index (κ3) is 10.0. The lowest BCUT2D eigenvalue weighted by Gasteiger charge is -2.06. The zero-order valence-corrected chi connectivity index (χ0v) is 11.7. The molecule has 0 fully saturated rings. The molecule has 0 rings (SSSR count). The van der Waals surface area contributed by atoms with Crippen LogP contribution < -0.4 is 0 Å². The molecule has 0 aromatic carbocycles. The minimum absolute atomic E-state index is 0.316. The maximum absolute atomic E-state index is 11.0. The SMILES string of the molecule is C=C(C)C(=O)OCCCOCCCOC(=O)C(=C)C. The molecule has 0 bridgehead atoms. The minimum atomic E-state index is -0.383. The number of ether oxygens (including phenoxy) is 3. The van der Waals surface area contributed by atoms with Gasteiger partial charge in [-0.05, 0) is 13.8 Å². The summed E-state index contributed by atoms with van der Waals surface area (Å²) in [6.07, 6.45) is 1.26. The molecule has 0 heterocycles. The maximum atomic E-state index is 11.0. The van der Waals surface area contributed by atoms with Gasteiger partial charge in [-0.2, -0.15) is 0 Å². The summed E-state index contributed by atoms with van der Waals surface area (Å²) < 4.78 is 15.1. The van der Waals surface area contributed by atoms with Crippen molar-refractivity contribution in [2.75, 3.05) is 26.4 Å². The highest BCUT2D eigenvalue weighted by molar-refractivity contribution is 5.87. The van der Waals surface area contributed by atoms with Crippen molar-refractivity contribution in [3.05, 3.63) is 24.3 Å². The van der Waals surface area contributed by atoms with Crippen molar-refractivity contribution < 1.29 is 23.8 Å². The van der Waals surface area contributed by atoms with Gasteiger partial charge in [-0.15, -0.1) is 0 Å². The smallest absolute Gasteiger partial charge is 0.333 e. The van der Waals surface area contributed by atoms with Gasteiger partial charge in [0.15, 0.2) is 0 Å². The average Bonchev–Trinajstić information content (AvgIpc) is 2.35. The first kappa shape index (κ1) is 17.4. The van der Waals surface area contributed by atoms with Gasteiger partial charge in [-0.25, -0.2) is 9.59 Å². The summed E-state index contributed by atoms with van der Waals surface area (Å²) in [5.41, 5.74) is 0.778. The van der Waals surface area contributed by atoms with Gasteiger partial charge in [0.1, 0.15) is 0 Å². The molecule has 0 aliphatic carbocycles. The first-order valence-corrected chi connectivity index (χ1v) is 6.18. The normalized spacial score (nSPS) is 9.79. The van der Waals surface area contributed by atoms with E-state index in [1.807, 2.05) is 0 Å². The van der Waals surface area contributed by atoms with Crippen LogP contribution in [-0.4, -0.2) is 38.4 Å². The number of carbonyl (C=O) groups is 2. The van der Waals surface area contributed by atoms with Crippen LogP contribution in [0.15, 0.2) is 24.3 Å². The highest BCUT2D eigenvalue weighted by atomic mass is 16.5. The molecule has 108 valence electrons. The van der Waals surface area contributed by atoms with Gasteiger partial charge in [-0.3, -0.25) is 0 Å². The first-order valence-electron chi connectivity index (χ1n) is 6.18. The van der Waals surface area contributed by atoms with Crippen molar-refractivity contribution in [2.24, 2.45) is 0 Å². The number of rotatable bonds is 10. The Kier molecular flexibility index (Phi) is 9.44. The summed E-state index contributed by atoms with van der Waals surface area (Å²) in [6.45, 7) is 11.8. The average molecular weight is 270 g/mol. The molecular weight excluding hydrogens is 248 g/mol. The van der Waals surface area contributed by atoms with Gasteiger partial charge in [0.25, 0.3) is 0 Å². The van der Waals surface area contributed by atoms with Gasteiger partial charge < -0.3 is 14.2 Å². The molecule has 5 heteroatoms. The number of hydrogen-bond acceptors (Lipinski definition) is 5. The monoisotopic (exact) mass is 270 g/mol. The molecule has 19 heavy (non-hydrogen) atoms. The minimum Gasteiger partial charge on any atom is -0.462 e. The molecule has 0 unspecified atom stereocenters. The van der Waals surface area contributed by atoms with Crippen molar-refractivity contribution in [1.29, 1.82) is 0 Å². The molecule has 0 aliphatic heterocycles. The maximum Gasteiger partial charge on any atom is 0.333 e. The lowest BCUT2D eigenvalue weighted by atomic mass is 10.3. The molecule has 0 atom stereocenters. The Morgan fingerprint density at radius 1 is 0.789 bits per heavy atom. The predicted molar refractivity (Wildman–Crippen MR) is 71.6 cm³/mol. The molecule has 0 saturated heterocycles. The molecule has 0 N–H and O–H groups in total. The lowest BCUT2D eigenvalue weighted by Crippen LogP contribution is -2.10. The Balaban J connectivity index is 3.28. The van der Waals surface area contributed by atoms with E-state index in [0.717, 1.165) is 0 Å². The van der Waals surface area contributed by atoms with E-state index in [9.17, 15) is 9.59 Å². The van der Waals surface area contributed by atoms with Crippen LogP contribution in [0.4, 0.5) is 0 Å². The van der Waals surface area contributed by atoms with Gasteiger partial charge in [0.05, 0.1) is 13.2 Å². The summed E-state index contributed by atoms with van der Waals surface area (Å²) in [5.74, 6) is -0.765. The molecular formula is C14H22O5. The Labute approximate surface area is 114 Å². The van der Waals surface area contributed by atoms with Crippen LogP contribution >= 0.6 is 0 Å². The second-order valence-electron chi connectivity index (χ2n) is 4.15. The Hall–Kier alpha value is -1.62. The van der Waals surface area contributed by atoms with Crippen molar-refractivity contribution in [2.45, 2.75) is 26.7 Å². The second-order valence-corrected chi connectivity index (χ2v) is 4.15. The fraction of sp³-hybridized carbons (Fsp3) is 0.571. The van der Waals surface area contributed by atoms with Crippen LogP contribution in [0.1, 0.15) is 26.7 Å². The number of hydrogen-bond donors (Lipinski definition) is 0. The van der Waals surface area contributed by atoms with Gasteiger partial charge >= 0.3 is 11.9 Å². The van der Waals surface area contributed by atoms with Crippen LogP contribution in [0.2, 0.25) is 0 Å². The molecule has 0 aliphatic rings. The first-order chi connectivity index (χ1) is 8.95. The van der Waals surface area contributed by atoms with E-state index in [4.69, 9.17) is 14.2 Å². The van der Waals surface area contributed by atoms with Crippen molar-refractivity contribution in [3.63, 3.8) is 0 Å². The summed E-state index contributed by atoms with van der Waals surface area (Å²) in [7, 11) is 0. The molecule has 0 aromatic heterocycles. The zero-order chi connectivity index (χ0) is 14.7. The van der Waals surface area contributed by atoms with E-state index in [-0.39, 0.29) is 11.9 Å². The third-order valence-corrected chi connectivity index (χ3v) is 2.03. The molecule has 0 aromatic rings.